The van der Waals surface area contributed by atoms with Crippen LogP contribution in [0.15, 0.2) is 54.7 Å². The van der Waals surface area contributed by atoms with Crippen LogP contribution in [0.2, 0.25) is 0 Å². The summed E-state index contributed by atoms with van der Waals surface area (Å²) in [5.74, 6) is -2.88. The molecule has 2 bridgehead atoms. The zero-order chi connectivity index (χ0) is 25.8. The Labute approximate surface area is 210 Å². The second-order valence-corrected chi connectivity index (χ2v) is 10.9. The molecule has 5 atom stereocenters. The SMILES string of the molecule is Cc1ccc(N2C[C@@]34C=C[C@@H](O3)[C@H](C(=O)O[C@H](C(=O)NC(C)(C)C)c3ccccn3)[C@H]4C2=O)c(C)c1. The van der Waals surface area contributed by atoms with Gasteiger partial charge in [0.2, 0.25) is 12.0 Å². The van der Waals surface area contributed by atoms with E-state index in [1.54, 1.807) is 29.3 Å². The molecule has 1 aromatic heterocycles. The van der Waals surface area contributed by atoms with Crippen LogP contribution >= 0.6 is 0 Å². The van der Waals surface area contributed by atoms with Gasteiger partial charge >= 0.3 is 5.97 Å². The van der Waals surface area contributed by atoms with Crippen LogP contribution in [0.25, 0.3) is 0 Å². The molecule has 0 unspecified atom stereocenters. The standard InChI is InChI=1S/C28H31N3O5/c1-16-9-10-19(17(2)14-16)31-15-28-12-11-20(36-28)21(22(28)25(31)33)26(34)35-23(18-8-6-7-13-29-18)24(32)30-27(3,4)5/h6-14,20-23H,15H2,1-5H3,(H,30,32)/t20-,21+,22+,23+,28-/m1/s1. The molecule has 1 N–H and O–H groups in total. The number of carbonyl (C=O) groups excluding carboxylic acids is 3. The summed E-state index contributed by atoms with van der Waals surface area (Å²) in [5.41, 5.74) is 1.78. The predicted octanol–water partition coefficient (Wildman–Crippen LogP) is 3.18. The fourth-order valence-corrected chi connectivity index (χ4v) is 5.49. The minimum absolute atomic E-state index is 0.177. The van der Waals surface area contributed by atoms with Gasteiger partial charge in [-0.3, -0.25) is 19.4 Å². The average Bonchev–Trinajstić information content (AvgIpc) is 3.45. The van der Waals surface area contributed by atoms with Gasteiger partial charge < -0.3 is 19.7 Å². The lowest BCUT2D eigenvalue weighted by molar-refractivity contribution is -0.163. The number of aromatic nitrogens is 1. The Bertz CT molecular complexity index is 1250. The van der Waals surface area contributed by atoms with E-state index in [-0.39, 0.29) is 5.91 Å². The Balaban J connectivity index is 1.43. The Morgan fingerprint density at radius 1 is 1.22 bits per heavy atom. The molecular weight excluding hydrogens is 458 g/mol. The first-order valence-corrected chi connectivity index (χ1v) is 12.2. The van der Waals surface area contributed by atoms with Crippen molar-refractivity contribution in [3.8, 4) is 0 Å². The number of pyridine rings is 1. The van der Waals surface area contributed by atoms with E-state index >= 15 is 0 Å². The van der Waals surface area contributed by atoms with Gasteiger partial charge in [-0.25, -0.2) is 0 Å². The molecule has 2 saturated heterocycles. The highest BCUT2D eigenvalue weighted by atomic mass is 16.6. The van der Waals surface area contributed by atoms with Gasteiger partial charge in [-0.05, 0) is 58.4 Å². The number of carbonyl (C=O) groups is 3. The molecule has 36 heavy (non-hydrogen) atoms. The van der Waals surface area contributed by atoms with Crippen LogP contribution in [0, 0.1) is 25.7 Å². The molecule has 4 heterocycles. The molecule has 3 aliphatic rings. The molecule has 2 amide bonds. The van der Waals surface area contributed by atoms with E-state index in [1.165, 1.54) is 0 Å². The molecule has 8 nitrogen and oxygen atoms in total. The molecule has 5 rings (SSSR count). The smallest absolute Gasteiger partial charge is 0.314 e. The quantitative estimate of drug-likeness (QED) is 0.512. The summed E-state index contributed by atoms with van der Waals surface area (Å²) < 4.78 is 12.1. The Morgan fingerprint density at radius 3 is 2.67 bits per heavy atom. The lowest BCUT2D eigenvalue weighted by Crippen LogP contribution is -2.46. The summed E-state index contributed by atoms with van der Waals surface area (Å²) in [6.45, 7) is 9.83. The third-order valence-electron chi connectivity index (χ3n) is 6.94. The summed E-state index contributed by atoms with van der Waals surface area (Å²) in [6.07, 6.45) is 3.44. The van der Waals surface area contributed by atoms with Crippen LogP contribution in [-0.2, 0) is 23.9 Å². The van der Waals surface area contributed by atoms with Crippen molar-refractivity contribution >= 4 is 23.5 Å². The van der Waals surface area contributed by atoms with E-state index in [0.29, 0.717) is 12.2 Å². The topological polar surface area (TPSA) is 97.8 Å². The highest BCUT2D eigenvalue weighted by Crippen LogP contribution is 2.53. The summed E-state index contributed by atoms with van der Waals surface area (Å²) in [7, 11) is 0. The minimum Gasteiger partial charge on any atom is -0.445 e. The van der Waals surface area contributed by atoms with Crippen molar-refractivity contribution in [3.63, 3.8) is 0 Å². The van der Waals surface area contributed by atoms with Gasteiger partial charge in [0.15, 0.2) is 0 Å². The average molecular weight is 490 g/mol. The maximum atomic E-state index is 13.7. The fourth-order valence-electron chi connectivity index (χ4n) is 5.49. The maximum Gasteiger partial charge on any atom is 0.314 e. The van der Waals surface area contributed by atoms with Crippen LogP contribution < -0.4 is 10.2 Å². The van der Waals surface area contributed by atoms with E-state index in [4.69, 9.17) is 9.47 Å². The first kappa shape index (κ1) is 24.2. The van der Waals surface area contributed by atoms with Gasteiger partial charge in [-0.2, -0.15) is 0 Å². The summed E-state index contributed by atoms with van der Waals surface area (Å²) >= 11 is 0. The molecule has 0 radical (unpaired) electrons. The monoisotopic (exact) mass is 489 g/mol. The van der Waals surface area contributed by atoms with Crippen LogP contribution in [0.4, 0.5) is 5.69 Å². The summed E-state index contributed by atoms with van der Waals surface area (Å²) in [5, 5.41) is 2.86. The van der Waals surface area contributed by atoms with Gasteiger partial charge in [0.25, 0.3) is 5.91 Å². The molecule has 3 aliphatic heterocycles. The van der Waals surface area contributed by atoms with Crippen LogP contribution in [0.5, 0.6) is 0 Å². The number of nitrogens with one attached hydrogen (secondary N) is 1. The fraction of sp³-hybridized carbons (Fsp3) is 0.429. The number of anilines is 1. The van der Waals surface area contributed by atoms with E-state index in [9.17, 15) is 14.4 Å². The van der Waals surface area contributed by atoms with Crippen LogP contribution in [-0.4, -0.2) is 46.6 Å². The lowest BCUT2D eigenvalue weighted by atomic mass is 9.77. The van der Waals surface area contributed by atoms with E-state index in [0.717, 1.165) is 16.8 Å². The number of fused-ring (bicyclic) bond motifs is 1. The largest absolute Gasteiger partial charge is 0.445 e. The molecule has 8 heteroatoms. The van der Waals surface area contributed by atoms with Crippen molar-refractivity contribution in [1.82, 2.24) is 10.3 Å². The number of esters is 1. The minimum atomic E-state index is -1.25. The Hall–Kier alpha value is -3.52. The molecule has 0 saturated carbocycles. The van der Waals surface area contributed by atoms with Crippen molar-refractivity contribution < 1.29 is 23.9 Å². The number of benzene rings is 1. The van der Waals surface area contributed by atoms with Crippen molar-refractivity contribution in [2.24, 2.45) is 11.8 Å². The third kappa shape index (κ3) is 4.09. The predicted molar refractivity (Wildman–Crippen MR) is 133 cm³/mol. The summed E-state index contributed by atoms with van der Waals surface area (Å²) in [6, 6.07) is 11.0. The number of aryl methyl sites for hydroxylation is 2. The number of ether oxygens (including phenoxy) is 2. The molecule has 2 aromatic rings. The van der Waals surface area contributed by atoms with Crippen molar-refractivity contribution in [3.05, 3.63) is 71.6 Å². The van der Waals surface area contributed by atoms with Gasteiger partial charge in [0.1, 0.15) is 11.5 Å². The van der Waals surface area contributed by atoms with Crippen molar-refractivity contribution in [2.75, 3.05) is 11.4 Å². The lowest BCUT2D eigenvalue weighted by Gasteiger charge is -2.27. The van der Waals surface area contributed by atoms with Gasteiger partial charge in [0, 0.05) is 17.4 Å². The van der Waals surface area contributed by atoms with E-state index in [1.807, 2.05) is 65.0 Å². The van der Waals surface area contributed by atoms with Gasteiger partial charge in [-0.1, -0.05) is 35.9 Å². The molecule has 0 aliphatic carbocycles. The maximum absolute atomic E-state index is 13.7. The second-order valence-electron chi connectivity index (χ2n) is 10.9. The van der Waals surface area contributed by atoms with Crippen LogP contribution in [0.3, 0.4) is 0 Å². The zero-order valence-electron chi connectivity index (χ0n) is 21.1. The zero-order valence-corrected chi connectivity index (χ0v) is 21.1. The second kappa shape index (κ2) is 8.55. The van der Waals surface area contributed by atoms with E-state index in [2.05, 4.69) is 10.3 Å². The first-order valence-electron chi connectivity index (χ1n) is 12.2. The molecule has 188 valence electrons. The van der Waals surface area contributed by atoms with Crippen molar-refractivity contribution in [1.29, 1.82) is 0 Å². The normalized spacial score (nSPS) is 27.2. The number of rotatable bonds is 5. The van der Waals surface area contributed by atoms with E-state index < -0.39 is 47.1 Å². The molecule has 1 spiro atoms. The number of amides is 2. The number of hydrogen-bond donors (Lipinski definition) is 1. The van der Waals surface area contributed by atoms with Crippen molar-refractivity contribution in [2.45, 2.75) is 58.0 Å². The Kier molecular flexibility index (Phi) is 5.75. The van der Waals surface area contributed by atoms with Crippen LogP contribution in [0.1, 0.15) is 43.7 Å². The third-order valence-corrected chi connectivity index (χ3v) is 6.94. The Morgan fingerprint density at radius 2 is 2.00 bits per heavy atom. The van der Waals surface area contributed by atoms with Gasteiger partial charge in [0.05, 0.1) is 24.3 Å². The number of hydrogen-bond acceptors (Lipinski definition) is 6. The molecular formula is C28H31N3O5. The molecule has 1 aromatic carbocycles. The highest BCUT2D eigenvalue weighted by Gasteiger charge is 2.67. The summed E-state index contributed by atoms with van der Waals surface area (Å²) in [4.78, 5) is 46.4. The highest BCUT2D eigenvalue weighted by molar-refractivity contribution is 6.03. The first-order chi connectivity index (χ1) is 17.0. The van der Waals surface area contributed by atoms with Gasteiger partial charge in [-0.15, -0.1) is 0 Å². The number of nitrogens with zero attached hydrogens (tertiary/aromatic N) is 2. The molecule has 2 fully saturated rings.